The molecule has 5 heteroatoms. The van der Waals surface area contributed by atoms with Gasteiger partial charge in [-0.2, -0.15) is 0 Å². The third-order valence-corrected chi connectivity index (χ3v) is 10.3. The first-order valence-electron chi connectivity index (χ1n) is 11.9. The van der Waals surface area contributed by atoms with Crippen LogP contribution in [-0.2, 0) is 4.79 Å². The van der Waals surface area contributed by atoms with Gasteiger partial charge >= 0.3 is 5.97 Å². The van der Waals surface area contributed by atoms with E-state index in [0.29, 0.717) is 30.1 Å². The lowest BCUT2D eigenvalue weighted by Crippen LogP contribution is -2.64. The van der Waals surface area contributed by atoms with Gasteiger partial charge in [0.05, 0.1) is 18.3 Å². The Morgan fingerprint density at radius 3 is 2.28 bits per heavy atom. The van der Waals surface area contributed by atoms with Gasteiger partial charge in [0.25, 0.3) is 0 Å². The molecule has 3 unspecified atom stereocenters. The topological polar surface area (TPSA) is 98.0 Å². The maximum absolute atomic E-state index is 11.3. The van der Waals surface area contributed by atoms with Crippen molar-refractivity contribution in [1.29, 1.82) is 0 Å². The molecule has 0 amide bonds. The molecule has 4 saturated carbocycles. The second kappa shape index (κ2) is 7.49. The van der Waals surface area contributed by atoms with Gasteiger partial charge in [0.15, 0.2) is 0 Å². The highest BCUT2D eigenvalue weighted by Gasteiger charge is 2.65. The largest absolute Gasteiger partial charge is 0.481 e. The fraction of sp³-hybridized carbons (Fsp3) is 0.958. The number of hydrogen-bond acceptors (Lipinski definition) is 4. The molecule has 11 atom stereocenters. The number of fused-ring (bicyclic) bond motifs is 5. The van der Waals surface area contributed by atoms with Crippen molar-refractivity contribution >= 4 is 5.97 Å². The highest BCUT2D eigenvalue weighted by Crippen LogP contribution is 2.68. The van der Waals surface area contributed by atoms with Crippen molar-refractivity contribution < 1.29 is 25.2 Å². The average Bonchev–Trinajstić information content (AvgIpc) is 3.02. The minimum atomic E-state index is -0.748. The summed E-state index contributed by atoms with van der Waals surface area (Å²) < 4.78 is 0. The number of hydrogen-bond donors (Lipinski definition) is 4. The molecule has 4 rings (SSSR count). The van der Waals surface area contributed by atoms with Gasteiger partial charge in [-0.3, -0.25) is 4.79 Å². The zero-order chi connectivity index (χ0) is 21.1. The van der Waals surface area contributed by atoms with Gasteiger partial charge in [-0.1, -0.05) is 20.8 Å². The van der Waals surface area contributed by atoms with Crippen molar-refractivity contribution in [2.45, 2.75) is 96.9 Å². The summed E-state index contributed by atoms with van der Waals surface area (Å²) in [5.41, 5.74) is 0.119. The summed E-state index contributed by atoms with van der Waals surface area (Å²) in [6.07, 6.45) is 5.87. The highest BCUT2D eigenvalue weighted by atomic mass is 16.4. The molecule has 0 aromatic heterocycles. The van der Waals surface area contributed by atoms with E-state index in [2.05, 4.69) is 20.8 Å². The van der Waals surface area contributed by atoms with Crippen LogP contribution in [-0.4, -0.2) is 44.7 Å². The maximum Gasteiger partial charge on any atom is 0.303 e. The Bertz CT molecular complexity index is 637. The molecule has 0 bridgehead atoms. The molecular formula is C24H40O5. The molecule has 0 radical (unpaired) electrons. The van der Waals surface area contributed by atoms with Gasteiger partial charge in [0.2, 0.25) is 0 Å². The third kappa shape index (κ3) is 3.27. The molecule has 0 spiro atoms. The first-order chi connectivity index (χ1) is 13.6. The summed E-state index contributed by atoms with van der Waals surface area (Å²) in [7, 11) is 0. The first-order valence-corrected chi connectivity index (χ1v) is 11.9. The van der Waals surface area contributed by atoms with Crippen LogP contribution in [0.5, 0.6) is 0 Å². The number of carbonyl (C=O) groups is 1. The standard InChI is InChI=1S/C24H40O5/c1-13(4-7-19(26)27)15-5-6-16-20-17(9-11-23(15,16)2)24(3)10-8-14(25)12-18(24)21(28)22(20)29/h13-18,20-22,25,28-29H,4-12H2,1-3H3,(H,26,27)/t13-,14-,15-,16+,17+,18?,20+,21?,22?,23-,24-/m1/s1. The molecular weight excluding hydrogens is 368 g/mol. The molecule has 4 N–H and O–H groups in total. The molecule has 4 fully saturated rings. The van der Waals surface area contributed by atoms with E-state index in [0.717, 1.165) is 44.9 Å². The number of carboxylic acid groups (broad SMARTS) is 1. The van der Waals surface area contributed by atoms with Crippen LogP contribution in [0.1, 0.15) is 78.6 Å². The third-order valence-electron chi connectivity index (χ3n) is 10.3. The number of aliphatic hydroxyl groups excluding tert-OH is 3. The van der Waals surface area contributed by atoms with Crippen molar-refractivity contribution in [3.05, 3.63) is 0 Å². The van der Waals surface area contributed by atoms with Gasteiger partial charge in [-0.05, 0) is 97.7 Å². The van der Waals surface area contributed by atoms with Crippen LogP contribution in [0.2, 0.25) is 0 Å². The van der Waals surface area contributed by atoms with Gasteiger partial charge in [0.1, 0.15) is 0 Å². The molecule has 0 saturated heterocycles. The lowest BCUT2D eigenvalue weighted by atomic mass is 9.43. The molecule has 29 heavy (non-hydrogen) atoms. The van der Waals surface area contributed by atoms with Crippen LogP contribution >= 0.6 is 0 Å². The van der Waals surface area contributed by atoms with Gasteiger partial charge < -0.3 is 20.4 Å². The van der Waals surface area contributed by atoms with Crippen molar-refractivity contribution in [3.8, 4) is 0 Å². The van der Waals surface area contributed by atoms with Crippen LogP contribution in [0.25, 0.3) is 0 Å². The Morgan fingerprint density at radius 2 is 1.59 bits per heavy atom. The van der Waals surface area contributed by atoms with Crippen molar-refractivity contribution in [1.82, 2.24) is 0 Å². The van der Waals surface area contributed by atoms with E-state index < -0.39 is 18.2 Å². The predicted octanol–water partition coefficient (Wildman–Crippen LogP) is 3.45. The van der Waals surface area contributed by atoms with E-state index in [1.165, 1.54) is 0 Å². The lowest BCUT2D eigenvalue weighted by Gasteiger charge is -2.63. The summed E-state index contributed by atoms with van der Waals surface area (Å²) in [5.74, 6) is 1.06. The van der Waals surface area contributed by atoms with Crippen molar-refractivity contribution in [2.24, 2.45) is 46.3 Å². The van der Waals surface area contributed by atoms with Gasteiger partial charge in [-0.25, -0.2) is 0 Å². The van der Waals surface area contributed by atoms with E-state index in [1.807, 2.05) is 0 Å². The zero-order valence-corrected chi connectivity index (χ0v) is 18.3. The van der Waals surface area contributed by atoms with Crippen molar-refractivity contribution in [2.75, 3.05) is 0 Å². The molecule has 166 valence electrons. The van der Waals surface area contributed by atoms with Crippen LogP contribution in [0.3, 0.4) is 0 Å². The first kappa shape index (κ1) is 21.6. The van der Waals surface area contributed by atoms with E-state index >= 15 is 0 Å². The summed E-state index contributed by atoms with van der Waals surface area (Å²) in [6.45, 7) is 6.89. The smallest absolute Gasteiger partial charge is 0.303 e. The molecule has 5 nitrogen and oxygen atoms in total. The average molecular weight is 409 g/mol. The number of aliphatic hydroxyl groups is 3. The van der Waals surface area contributed by atoms with Gasteiger partial charge in [-0.15, -0.1) is 0 Å². The molecule has 0 aliphatic heterocycles. The summed E-state index contributed by atoms with van der Waals surface area (Å²) in [5, 5.41) is 41.7. The fourth-order valence-electron chi connectivity index (χ4n) is 8.77. The SMILES string of the molecule is C[C@H](CCC(=O)O)[C@H]1CC[C@H]2[C@@H]3C(O)C(O)C4C[C@H](O)CC[C@]4(C)[C@H]3CC[C@]12C. The Labute approximate surface area is 174 Å². The molecule has 4 aliphatic rings. The van der Waals surface area contributed by atoms with E-state index in [9.17, 15) is 20.1 Å². The van der Waals surface area contributed by atoms with Crippen molar-refractivity contribution in [3.63, 3.8) is 0 Å². The highest BCUT2D eigenvalue weighted by molar-refractivity contribution is 5.66. The molecule has 4 aliphatic carbocycles. The van der Waals surface area contributed by atoms with Gasteiger partial charge in [0, 0.05) is 6.42 Å². The minimum Gasteiger partial charge on any atom is -0.481 e. The van der Waals surface area contributed by atoms with Crippen LogP contribution in [0.4, 0.5) is 0 Å². The number of carboxylic acids is 1. The molecule has 0 aromatic rings. The van der Waals surface area contributed by atoms with Crippen LogP contribution < -0.4 is 0 Å². The van der Waals surface area contributed by atoms with E-state index in [1.54, 1.807) is 0 Å². The lowest BCUT2D eigenvalue weighted by molar-refractivity contribution is -0.223. The summed E-state index contributed by atoms with van der Waals surface area (Å²) >= 11 is 0. The number of rotatable bonds is 4. The molecule has 0 aromatic carbocycles. The monoisotopic (exact) mass is 408 g/mol. The quantitative estimate of drug-likeness (QED) is 0.571. The van der Waals surface area contributed by atoms with E-state index in [-0.39, 0.29) is 35.2 Å². The number of aliphatic carboxylic acids is 1. The summed E-state index contributed by atoms with van der Waals surface area (Å²) in [4.78, 5) is 11.1. The van der Waals surface area contributed by atoms with E-state index in [4.69, 9.17) is 5.11 Å². The maximum atomic E-state index is 11.3. The van der Waals surface area contributed by atoms with Crippen LogP contribution in [0, 0.1) is 46.3 Å². The Morgan fingerprint density at radius 1 is 0.931 bits per heavy atom. The Hall–Kier alpha value is -0.650. The minimum absolute atomic E-state index is 0.00309. The normalized spacial score (nSPS) is 52.9. The Kier molecular flexibility index (Phi) is 5.57. The second-order valence-corrected chi connectivity index (χ2v) is 11.5. The Balaban J connectivity index is 1.59. The second-order valence-electron chi connectivity index (χ2n) is 11.5. The van der Waals surface area contributed by atoms with Crippen LogP contribution in [0.15, 0.2) is 0 Å². The zero-order valence-electron chi connectivity index (χ0n) is 18.3. The predicted molar refractivity (Wildman–Crippen MR) is 110 cm³/mol. The molecule has 0 heterocycles. The summed E-state index contributed by atoms with van der Waals surface area (Å²) in [6, 6.07) is 0. The fourth-order valence-corrected chi connectivity index (χ4v) is 8.77.